The predicted molar refractivity (Wildman–Crippen MR) is 67.6 cm³/mol. The van der Waals surface area contributed by atoms with Gasteiger partial charge in [-0.15, -0.1) is 5.10 Å². The number of hydrogen-bond acceptors (Lipinski definition) is 5. The molecule has 3 rings (SSSR count). The third kappa shape index (κ3) is 2.29. The zero-order valence-electron chi connectivity index (χ0n) is 9.87. The Morgan fingerprint density at radius 1 is 1.15 bits per heavy atom. The molecule has 2 N–H and O–H groups in total. The molecule has 7 nitrogen and oxygen atoms in total. The molecule has 0 fully saturated rings. The van der Waals surface area contributed by atoms with Crippen LogP contribution >= 0.6 is 0 Å². The van der Waals surface area contributed by atoms with Crippen molar-refractivity contribution in [1.29, 1.82) is 0 Å². The number of nitrogens with one attached hydrogen (secondary N) is 1. The number of phenolic OH excluding ortho intramolecular Hbond substituents is 1. The summed E-state index contributed by atoms with van der Waals surface area (Å²) in [6.07, 6.45) is 0. The number of fused-ring (bicyclic) bond motifs is 1. The number of aromatic nitrogens is 3. The summed E-state index contributed by atoms with van der Waals surface area (Å²) in [5, 5.41) is 30.8. The molecular formula is C12H8AgN4O3. The smallest absolute Gasteiger partial charge is 0.269 e. The normalized spacial score (nSPS) is 10.2. The third-order valence-electron chi connectivity index (χ3n) is 2.86. The monoisotopic (exact) mass is 363 g/mol. The van der Waals surface area contributed by atoms with Crippen LogP contribution in [0.25, 0.3) is 22.2 Å². The van der Waals surface area contributed by atoms with E-state index in [0.717, 1.165) is 0 Å². The molecule has 2 aromatic carbocycles. The molecule has 0 saturated carbocycles. The largest absolute Gasteiger partial charge is 0.505 e. The van der Waals surface area contributed by atoms with Crippen LogP contribution in [-0.4, -0.2) is 25.4 Å². The zero-order chi connectivity index (χ0) is 13.4. The topological polar surface area (TPSA) is 105 Å². The number of non-ortho nitro benzene ring substituents is 1. The first-order valence-electron chi connectivity index (χ1n) is 5.44. The molecule has 20 heavy (non-hydrogen) atoms. The SMILES string of the molecule is O=[N+]([O-])c1ccc(-c2ccc3[nH]nnc3c2O)cc1.[Ag]. The van der Waals surface area contributed by atoms with Crippen LogP contribution in [0, 0.1) is 10.1 Å². The van der Waals surface area contributed by atoms with Crippen LogP contribution in [0.5, 0.6) is 5.75 Å². The van der Waals surface area contributed by atoms with Gasteiger partial charge in [-0.2, -0.15) is 0 Å². The van der Waals surface area contributed by atoms with Gasteiger partial charge >= 0.3 is 0 Å². The van der Waals surface area contributed by atoms with Crippen LogP contribution in [0.3, 0.4) is 0 Å². The summed E-state index contributed by atoms with van der Waals surface area (Å²) < 4.78 is 0. The van der Waals surface area contributed by atoms with Crippen LogP contribution in [0.4, 0.5) is 5.69 Å². The Hall–Kier alpha value is -2.22. The molecule has 0 amide bonds. The third-order valence-corrected chi connectivity index (χ3v) is 2.86. The van der Waals surface area contributed by atoms with E-state index in [-0.39, 0.29) is 33.8 Å². The standard InChI is InChI=1S/C12H8N4O3.Ag/c17-12-9(5-6-10-11(12)14-15-13-10)7-1-3-8(4-2-7)16(18)19;/h1-6,17H,(H,13,14,15);. The Labute approximate surface area is 128 Å². The van der Waals surface area contributed by atoms with Gasteiger partial charge in [-0.25, -0.2) is 0 Å². The second-order valence-corrected chi connectivity index (χ2v) is 3.97. The van der Waals surface area contributed by atoms with E-state index in [1.807, 2.05) is 0 Å². The first-order valence-corrected chi connectivity index (χ1v) is 5.44. The molecule has 0 aliphatic carbocycles. The Bertz CT molecular complexity index is 770. The second-order valence-electron chi connectivity index (χ2n) is 3.97. The first-order chi connectivity index (χ1) is 9.16. The van der Waals surface area contributed by atoms with E-state index in [9.17, 15) is 15.2 Å². The Balaban J connectivity index is 0.00000147. The number of aromatic amines is 1. The first kappa shape index (κ1) is 14.2. The van der Waals surface area contributed by atoms with Crippen LogP contribution < -0.4 is 0 Å². The minimum atomic E-state index is -0.468. The Morgan fingerprint density at radius 3 is 2.50 bits per heavy atom. The minimum Gasteiger partial charge on any atom is -0.505 e. The maximum atomic E-state index is 10.6. The van der Waals surface area contributed by atoms with E-state index in [1.54, 1.807) is 24.3 Å². The van der Waals surface area contributed by atoms with Crippen molar-refractivity contribution in [3.8, 4) is 16.9 Å². The average Bonchev–Trinajstić information content (AvgIpc) is 2.88. The van der Waals surface area contributed by atoms with Crippen LogP contribution in [0.1, 0.15) is 0 Å². The molecule has 105 valence electrons. The van der Waals surface area contributed by atoms with E-state index in [4.69, 9.17) is 0 Å². The van der Waals surface area contributed by atoms with Gasteiger partial charge in [0.15, 0.2) is 11.3 Å². The fourth-order valence-electron chi connectivity index (χ4n) is 1.90. The van der Waals surface area contributed by atoms with E-state index in [1.165, 1.54) is 12.1 Å². The predicted octanol–water partition coefficient (Wildman–Crippen LogP) is 2.24. The van der Waals surface area contributed by atoms with Crippen molar-refractivity contribution in [2.24, 2.45) is 0 Å². The maximum Gasteiger partial charge on any atom is 0.269 e. The summed E-state index contributed by atoms with van der Waals surface area (Å²) in [5.41, 5.74) is 2.23. The molecule has 1 aromatic heterocycles. The zero-order valence-corrected chi connectivity index (χ0v) is 11.4. The molecule has 0 aliphatic rings. The van der Waals surface area contributed by atoms with Crippen LogP contribution in [0.2, 0.25) is 0 Å². The van der Waals surface area contributed by atoms with Crippen molar-refractivity contribution in [2.45, 2.75) is 0 Å². The van der Waals surface area contributed by atoms with Crippen molar-refractivity contribution in [1.82, 2.24) is 15.4 Å². The number of nitro groups is 1. The number of hydrogen-bond donors (Lipinski definition) is 2. The molecule has 0 saturated heterocycles. The van der Waals surface area contributed by atoms with Crippen molar-refractivity contribution in [3.05, 3.63) is 46.5 Å². The molecule has 0 unspecified atom stereocenters. The van der Waals surface area contributed by atoms with Gasteiger partial charge < -0.3 is 5.11 Å². The molecule has 0 atom stereocenters. The van der Waals surface area contributed by atoms with Gasteiger partial charge in [-0.3, -0.25) is 15.2 Å². The van der Waals surface area contributed by atoms with E-state index < -0.39 is 4.92 Å². The quantitative estimate of drug-likeness (QED) is 0.412. The van der Waals surface area contributed by atoms with Crippen molar-refractivity contribution < 1.29 is 32.4 Å². The summed E-state index contributed by atoms with van der Waals surface area (Å²) in [4.78, 5) is 10.1. The number of nitrogens with zero attached hydrogens (tertiary/aromatic N) is 3. The van der Waals surface area contributed by atoms with Crippen molar-refractivity contribution in [3.63, 3.8) is 0 Å². The Kier molecular flexibility index (Phi) is 3.84. The maximum absolute atomic E-state index is 10.6. The summed E-state index contributed by atoms with van der Waals surface area (Å²) >= 11 is 0. The van der Waals surface area contributed by atoms with Gasteiger partial charge in [0.2, 0.25) is 0 Å². The van der Waals surface area contributed by atoms with Gasteiger partial charge in [0.1, 0.15) is 0 Å². The fourth-order valence-corrected chi connectivity index (χ4v) is 1.90. The van der Waals surface area contributed by atoms with Crippen molar-refractivity contribution in [2.75, 3.05) is 0 Å². The Morgan fingerprint density at radius 2 is 1.85 bits per heavy atom. The number of benzene rings is 2. The molecule has 0 spiro atoms. The molecule has 8 heteroatoms. The van der Waals surface area contributed by atoms with Crippen molar-refractivity contribution >= 4 is 16.7 Å². The number of phenols is 1. The summed E-state index contributed by atoms with van der Waals surface area (Å²) in [5.74, 6) is 0.0000954. The number of aromatic hydroxyl groups is 1. The van der Waals surface area contributed by atoms with Crippen LogP contribution in [-0.2, 0) is 22.4 Å². The molecule has 0 aliphatic heterocycles. The molecule has 3 aromatic rings. The number of rotatable bonds is 2. The van der Waals surface area contributed by atoms with E-state index >= 15 is 0 Å². The molecular weight excluding hydrogens is 356 g/mol. The van der Waals surface area contributed by atoms with Crippen LogP contribution in [0.15, 0.2) is 36.4 Å². The average molecular weight is 364 g/mol. The van der Waals surface area contributed by atoms with Gasteiger partial charge in [0.05, 0.1) is 10.4 Å². The fraction of sp³-hybridized carbons (Fsp3) is 0. The molecule has 0 bridgehead atoms. The second kappa shape index (κ2) is 5.41. The summed E-state index contributed by atoms with van der Waals surface area (Å²) in [7, 11) is 0. The molecule has 1 heterocycles. The summed E-state index contributed by atoms with van der Waals surface area (Å²) in [6.45, 7) is 0. The van der Waals surface area contributed by atoms with Gasteiger partial charge in [-0.1, -0.05) is 5.21 Å². The van der Waals surface area contributed by atoms with E-state index in [0.29, 0.717) is 22.2 Å². The minimum absolute atomic E-state index is 0. The number of H-pyrrole nitrogens is 1. The molecule has 1 radical (unpaired) electrons. The number of nitro benzene ring substituents is 1. The van der Waals surface area contributed by atoms with E-state index in [2.05, 4.69) is 15.4 Å². The van der Waals surface area contributed by atoms with Gasteiger partial charge in [-0.05, 0) is 29.8 Å². The summed E-state index contributed by atoms with van der Waals surface area (Å²) in [6, 6.07) is 9.40. The van der Waals surface area contributed by atoms with Gasteiger partial charge in [0.25, 0.3) is 5.69 Å². The van der Waals surface area contributed by atoms with Gasteiger partial charge in [0, 0.05) is 40.1 Å².